The summed E-state index contributed by atoms with van der Waals surface area (Å²) >= 11 is 0. The summed E-state index contributed by atoms with van der Waals surface area (Å²) < 4.78 is 15.5. The number of benzene rings is 1. The summed E-state index contributed by atoms with van der Waals surface area (Å²) in [4.78, 5) is 0. The minimum Gasteiger partial charge on any atom is -0.382 e. The molecule has 0 atom stereocenters. The highest BCUT2D eigenvalue weighted by atomic mass is 19.1. The molecule has 0 unspecified atom stereocenters. The van der Waals surface area contributed by atoms with Gasteiger partial charge in [0.15, 0.2) is 0 Å². The van der Waals surface area contributed by atoms with Crippen LogP contribution in [-0.4, -0.2) is 22.9 Å². The maximum atomic E-state index is 13.8. The molecule has 2 aromatic rings. The third-order valence-corrected chi connectivity index (χ3v) is 2.98. The van der Waals surface area contributed by atoms with E-state index in [-0.39, 0.29) is 5.82 Å². The molecule has 0 spiro atoms. The monoisotopic (exact) mass is 262 g/mol. The largest absolute Gasteiger partial charge is 0.382 e. The second kappa shape index (κ2) is 6.33. The maximum Gasteiger partial charge on any atom is 0.148 e. The first-order chi connectivity index (χ1) is 9.27. The molecule has 1 heterocycles. The van der Waals surface area contributed by atoms with Gasteiger partial charge in [-0.25, -0.2) is 9.07 Å². The van der Waals surface area contributed by atoms with Crippen LogP contribution in [0.2, 0.25) is 0 Å². The predicted molar refractivity (Wildman–Crippen MR) is 75.1 cm³/mol. The molecule has 0 aliphatic heterocycles. The summed E-state index contributed by atoms with van der Waals surface area (Å²) in [6.07, 6.45) is 3.41. The Bertz CT molecular complexity index is 536. The van der Waals surface area contributed by atoms with Crippen molar-refractivity contribution < 1.29 is 4.39 Å². The zero-order chi connectivity index (χ0) is 13.7. The number of hydrogen-bond donors (Lipinski definition) is 2. The van der Waals surface area contributed by atoms with Gasteiger partial charge in [0, 0.05) is 6.54 Å². The summed E-state index contributed by atoms with van der Waals surface area (Å²) in [5.41, 5.74) is 7.86. The van der Waals surface area contributed by atoms with Crippen molar-refractivity contribution in [2.24, 2.45) is 5.73 Å². The predicted octanol–water partition coefficient (Wildman–Crippen LogP) is 2.33. The van der Waals surface area contributed by atoms with Crippen molar-refractivity contribution in [2.75, 3.05) is 18.4 Å². The van der Waals surface area contributed by atoms with Crippen molar-refractivity contribution in [1.82, 2.24) is 9.78 Å². The number of para-hydroxylation sites is 1. The minimum absolute atomic E-state index is 0.270. The van der Waals surface area contributed by atoms with Crippen LogP contribution in [0.3, 0.4) is 0 Å². The van der Waals surface area contributed by atoms with Gasteiger partial charge in [0.05, 0.1) is 17.6 Å². The van der Waals surface area contributed by atoms with Crippen molar-refractivity contribution in [3.05, 3.63) is 42.0 Å². The summed E-state index contributed by atoms with van der Waals surface area (Å²) in [5, 5.41) is 7.57. The Morgan fingerprint density at radius 1 is 1.37 bits per heavy atom. The van der Waals surface area contributed by atoms with E-state index in [1.165, 1.54) is 6.07 Å². The van der Waals surface area contributed by atoms with Crippen LogP contribution in [0.25, 0.3) is 5.69 Å². The lowest BCUT2D eigenvalue weighted by atomic mass is 10.2. The SMILES string of the molecule is CCc1c(NCCCN)cnn1-c1ccccc1F. The Kier molecular flexibility index (Phi) is 4.52. The van der Waals surface area contributed by atoms with Gasteiger partial charge in [-0.05, 0) is 31.5 Å². The van der Waals surface area contributed by atoms with Gasteiger partial charge in [-0.15, -0.1) is 0 Å². The normalized spacial score (nSPS) is 10.7. The molecule has 102 valence electrons. The van der Waals surface area contributed by atoms with Gasteiger partial charge < -0.3 is 11.1 Å². The number of halogens is 1. The molecule has 0 aliphatic rings. The quantitative estimate of drug-likeness (QED) is 0.786. The Balaban J connectivity index is 2.29. The van der Waals surface area contributed by atoms with Crippen molar-refractivity contribution in [3.63, 3.8) is 0 Å². The molecule has 1 aromatic heterocycles. The highest BCUT2D eigenvalue weighted by molar-refractivity contribution is 5.50. The average Bonchev–Trinajstić information content (AvgIpc) is 2.82. The van der Waals surface area contributed by atoms with Gasteiger partial charge in [0.1, 0.15) is 11.5 Å². The van der Waals surface area contributed by atoms with Crippen LogP contribution >= 0.6 is 0 Å². The van der Waals surface area contributed by atoms with E-state index in [0.29, 0.717) is 12.2 Å². The number of rotatable bonds is 6. The highest BCUT2D eigenvalue weighted by Crippen LogP contribution is 2.21. The third-order valence-electron chi connectivity index (χ3n) is 2.98. The molecule has 19 heavy (non-hydrogen) atoms. The van der Waals surface area contributed by atoms with E-state index in [0.717, 1.165) is 30.8 Å². The number of anilines is 1. The first kappa shape index (κ1) is 13.5. The molecular weight excluding hydrogens is 243 g/mol. The standard InChI is InChI=1S/C14H19FN4/c1-2-13-12(17-9-5-8-16)10-18-19(13)14-7-4-3-6-11(14)15/h3-4,6-7,10,17H,2,5,8-9,16H2,1H3. The highest BCUT2D eigenvalue weighted by Gasteiger charge is 2.12. The molecule has 0 saturated carbocycles. The fourth-order valence-electron chi connectivity index (χ4n) is 2.02. The van der Waals surface area contributed by atoms with E-state index < -0.39 is 0 Å². The Morgan fingerprint density at radius 3 is 2.84 bits per heavy atom. The minimum atomic E-state index is -0.270. The van der Waals surface area contributed by atoms with Gasteiger partial charge in [-0.3, -0.25) is 0 Å². The van der Waals surface area contributed by atoms with E-state index in [9.17, 15) is 4.39 Å². The molecule has 0 fully saturated rings. The molecule has 0 saturated heterocycles. The third kappa shape index (κ3) is 2.93. The summed E-state index contributed by atoms with van der Waals surface area (Å²) in [5.74, 6) is -0.270. The van der Waals surface area contributed by atoms with E-state index in [2.05, 4.69) is 10.4 Å². The Morgan fingerprint density at radius 2 is 2.16 bits per heavy atom. The lowest BCUT2D eigenvalue weighted by Crippen LogP contribution is -2.10. The van der Waals surface area contributed by atoms with Crippen LogP contribution < -0.4 is 11.1 Å². The van der Waals surface area contributed by atoms with Crippen LogP contribution in [0.5, 0.6) is 0 Å². The summed E-state index contributed by atoms with van der Waals surface area (Å²) in [6.45, 7) is 3.48. The van der Waals surface area contributed by atoms with Gasteiger partial charge in [0.2, 0.25) is 0 Å². The first-order valence-corrected chi connectivity index (χ1v) is 6.53. The number of hydrogen-bond acceptors (Lipinski definition) is 3. The molecule has 0 aliphatic carbocycles. The van der Waals surface area contributed by atoms with Gasteiger partial charge in [-0.2, -0.15) is 5.10 Å². The Labute approximate surface area is 112 Å². The Hall–Kier alpha value is -1.88. The van der Waals surface area contributed by atoms with E-state index in [4.69, 9.17) is 5.73 Å². The zero-order valence-electron chi connectivity index (χ0n) is 11.1. The van der Waals surface area contributed by atoms with Crippen LogP contribution in [0, 0.1) is 5.82 Å². The van der Waals surface area contributed by atoms with Crippen LogP contribution in [0.1, 0.15) is 19.0 Å². The summed E-state index contributed by atoms with van der Waals surface area (Å²) in [7, 11) is 0. The van der Waals surface area contributed by atoms with Crippen molar-refractivity contribution in [2.45, 2.75) is 19.8 Å². The summed E-state index contributed by atoms with van der Waals surface area (Å²) in [6, 6.07) is 6.65. The fraction of sp³-hybridized carbons (Fsp3) is 0.357. The van der Waals surface area contributed by atoms with Gasteiger partial charge in [0.25, 0.3) is 0 Å². The second-order valence-corrected chi connectivity index (χ2v) is 4.29. The maximum absolute atomic E-state index is 13.8. The van der Waals surface area contributed by atoms with Crippen molar-refractivity contribution in [1.29, 1.82) is 0 Å². The van der Waals surface area contributed by atoms with E-state index in [1.807, 2.05) is 6.92 Å². The molecular formula is C14H19FN4. The molecule has 5 heteroatoms. The average molecular weight is 262 g/mol. The second-order valence-electron chi connectivity index (χ2n) is 4.29. The zero-order valence-corrected chi connectivity index (χ0v) is 11.1. The lowest BCUT2D eigenvalue weighted by Gasteiger charge is -2.09. The molecule has 3 N–H and O–H groups in total. The molecule has 2 rings (SSSR count). The molecule has 0 amide bonds. The van der Waals surface area contributed by atoms with Gasteiger partial charge >= 0.3 is 0 Å². The van der Waals surface area contributed by atoms with Crippen LogP contribution in [0.4, 0.5) is 10.1 Å². The van der Waals surface area contributed by atoms with Gasteiger partial charge in [-0.1, -0.05) is 19.1 Å². The van der Waals surface area contributed by atoms with E-state index >= 15 is 0 Å². The van der Waals surface area contributed by atoms with E-state index in [1.54, 1.807) is 29.1 Å². The molecule has 0 radical (unpaired) electrons. The fourth-order valence-corrected chi connectivity index (χ4v) is 2.02. The molecule has 4 nitrogen and oxygen atoms in total. The lowest BCUT2D eigenvalue weighted by molar-refractivity contribution is 0.607. The topological polar surface area (TPSA) is 55.9 Å². The van der Waals surface area contributed by atoms with Crippen LogP contribution in [0.15, 0.2) is 30.5 Å². The number of aromatic nitrogens is 2. The van der Waals surface area contributed by atoms with Crippen molar-refractivity contribution in [3.8, 4) is 5.69 Å². The van der Waals surface area contributed by atoms with Crippen molar-refractivity contribution >= 4 is 5.69 Å². The van der Waals surface area contributed by atoms with Crippen LogP contribution in [-0.2, 0) is 6.42 Å². The first-order valence-electron chi connectivity index (χ1n) is 6.53. The smallest absolute Gasteiger partial charge is 0.148 e. The number of nitrogens with zero attached hydrogens (tertiary/aromatic N) is 2. The molecule has 1 aromatic carbocycles. The number of nitrogens with two attached hydrogens (primary N) is 1. The molecule has 0 bridgehead atoms. The number of nitrogens with one attached hydrogen (secondary N) is 1.